The van der Waals surface area contributed by atoms with Crippen LogP contribution in [0.4, 0.5) is 5.69 Å². The van der Waals surface area contributed by atoms with Crippen molar-refractivity contribution in [2.45, 2.75) is 11.6 Å². The van der Waals surface area contributed by atoms with E-state index in [1.165, 1.54) is 17.4 Å². The van der Waals surface area contributed by atoms with Gasteiger partial charge in [0.05, 0.1) is 5.75 Å². The van der Waals surface area contributed by atoms with Crippen LogP contribution < -0.4 is 10.2 Å². The lowest BCUT2D eigenvalue weighted by Gasteiger charge is -2.18. The largest absolute Gasteiger partial charge is 0.371 e. The number of aromatic nitrogens is 3. The summed E-state index contributed by atoms with van der Waals surface area (Å²) in [5.74, 6) is 1.55. The smallest absolute Gasteiger partial charge is 0.230 e. The molecule has 1 aliphatic heterocycles. The zero-order chi connectivity index (χ0) is 23.2. The Balaban J connectivity index is 1.21. The van der Waals surface area contributed by atoms with Crippen LogP contribution in [0.25, 0.3) is 17.1 Å². The first-order valence-corrected chi connectivity index (χ1v) is 12.5. The summed E-state index contributed by atoms with van der Waals surface area (Å²) in [7, 11) is 0. The van der Waals surface area contributed by atoms with E-state index in [-0.39, 0.29) is 5.91 Å². The summed E-state index contributed by atoms with van der Waals surface area (Å²) >= 11 is 1.41. The van der Waals surface area contributed by atoms with Crippen molar-refractivity contribution in [2.24, 2.45) is 5.92 Å². The highest BCUT2D eigenvalue weighted by Gasteiger charge is 2.23. The zero-order valence-corrected chi connectivity index (χ0v) is 19.7. The fourth-order valence-corrected chi connectivity index (χ4v) is 5.04. The van der Waals surface area contributed by atoms with Gasteiger partial charge in [-0.15, -0.1) is 10.2 Å². The zero-order valence-electron chi connectivity index (χ0n) is 18.9. The molecule has 0 saturated carbocycles. The molecule has 1 aromatic heterocycles. The van der Waals surface area contributed by atoms with Gasteiger partial charge in [0, 0.05) is 36.6 Å². The molecule has 5 rings (SSSR count). The number of rotatable bonds is 8. The molecule has 1 saturated heterocycles. The van der Waals surface area contributed by atoms with Gasteiger partial charge in [-0.3, -0.25) is 9.36 Å². The molecule has 0 spiro atoms. The average molecular weight is 470 g/mol. The summed E-state index contributed by atoms with van der Waals surface area (Å²) in [4.78, 5) is 15.0. The molecule has 1 unspecified atom stereocenters. The lowest BCUT2D eigenvalue weighted by atomic mass is 10.1. The number of carbonyl (C=O) groups excluding carboxylic acids is 1. The average Bonchev–Trinajstić information content (AvgIpc) is 3.55. The van der Waals surface area contributed by atoms with E-state index in [1.807, 2.05) is 71.3 Å². The Morgan fingerprint density at radius 3 is 2.24 bits per heavy atom. The van der Waals surface area contributed by atoms with Crippen molar-refractivity contribution < 1.29 is 4.79 Å². The number of nitrogens with one attached hydrogen (secondary N) is 1. The lowest BCUT2D eigenvalue weighted by Crippen LogP contribution is -2.32. The number of carbonyl (C=O) groups is 1. The topological polar surface area (TPSA) is 63.1 Å². The predicted octanol–water partition coefficient (Wildman–Crippen LogP) is 4.67. The first-order chi connectivity index (χ1) is 16.8. The summed E-state index contributed by atoms with van der Waals surface area (Å²) in [6.07, 6.45) is 1.09. The van der Waals surface area contributed by atoms with Crippen LogP contribution in [0.15, 0.2) is 96.2 Å². The molecule has 1 atom stereocenters. The third-order valence-electron chi connectivity index (χ3n) is 6.01. The number of para-hydroxylation sites is 2. The fraction of sp³-hybridized carbons (Fsp3) is 0.222. The second-order valence-electron chi connectivity index (χ2n) is 8.37. The Bertz CT molecular complexity index is 1210. The fourth-order valence-electron chi connectivity index (χ4n) is 4.26. The highest BCUT2D eigenvalue weighted by Crippen LogP contribution is 2.28. The summed E-state index contributed by atoms with van der Waals surface area (Å²) in [5.41, 5.74) is 3.21. The van der Waals surface area contributed by atoms with Gasteiger partial charge in [-0.2, -0.15) is 0 Å². The van der Waals surface area contributed by atoms with Crippen LogP contribution in [0.1, 0.15) is 6.42 Å². The molecule has 1 N–H and O–H groups in total. The Kier molecular flexibility index (Phi) is 6.91. The van der Waals surface area contributed by atoms with Crippen molar-refractivity contribution in [3.63, 3.8) is 0 Å². The van der Waals surface area contributed by atoms with Crippen molar-refractivity contribution in [1.82, 2.24) is 20.1 Å². The predicted molar refractivity (Wildman–Crippen MR) is 137 cm³/mol. The van der Waals surface area contributed by atoms with Crippen LogP contribution in [-0.4, -0.2) is 46.1 Å². The summed E-state index contributed by atoms with van der Waals surface area (Å²) < 4.78 is 2.02. The van der Waals surface area contributed by atoms with E-state index in [0.29, 0.717) is 23.4 Å². The maximum absolute atomic E-state index is 12.6. The molecule has 0 radical (unpaired) electrons. The minimum Gasteiger partial charge on any atom is -0.371 e. The van der Waals surface area contributed by atoms with Crippen LogP contribution in [-0.2, 0) is 4.79 Å². The van der Waals surface area contributed by atoms with E-state index in [4.69, 9.17) is 0 Å². The van der Waals surface area contributed by atoms with Crippen molar-refractivity contribution in [3.8, 4) is 17.1 Å². The number of nitrogens with zero attached hydrogens (tertiary/aromatic N) is 4. The molecule has 1 fully saturated rings. The molecule has 3 aromatic carbocycles. The summed E-state index contributed by atoms with van der Waals surface area (Å²) in [5, 5.41) is 12.7. The summed E-state index contributed by atoms with van der Waals surface area (Å²) in [6.45, 7) is 2.70. The molecule has 34 heavy (non-hydrogen) atoms. The van der Waals surface area contributed by atoms with Crippen LogP contribution in [0.3, 0.4) is 0 Å². The van der Waals surface area contributed by atoms with Gasteiger partial charge in [-0.1, -0.05) is 78.5 Å². The Labute approximate surface area is 204 Å². The van der Waals surface area contributed by atoms with E-state index in [9.17, 15) is 4.79 Å². The second kappa shape index (κ2) is 10.6. The van der Waals surface area contributed by atoms with E-state index in [2.05, 4.69) is 44.7 Å². The van der Waals surface area contributed by atoms with Gasteiger partial charge in [0.1, 0.15) is 0 Å². The van der Waals surface area contributed by atoms with E-state index >= 15 is 0 Å². The minimum atomic E-state index is 0.0204. The molecule has 7 heteroatoms. The van der Waals surface area contributed by atoms with E-state index < -0.39 is 0 Å². The minimum absolute atomic E-state index is 0.0204. The van der Waals surface area contributed by atoms with Crippen LogP contribution in [0.5, 0.6) is 0 Å². The Morgan fingerprint density at radius 1 is 0.882 bits per heavy atom. The van der Waals surface area contributed by atoms with Gasteiger partial charge in [0.25, 0.3) is 0 Å². The van der Waals surface area contributed by atoms with Gasteiger partial charge >= 0.3 is 0 Å². The molecule has 172 valence electrons. The normalized spacial score (nSPS) is 15.4. The number of benzene rings is 3. The molecular weight excluding hydrogens is 442 g/mol. The second-order valence-corrected chi connectivity index (χ2v) is 9.31. The summed E-state index contributed by atoms with van der Waals surface area (Å²) in [6, 6.07) is 30.5. The molecule has 0 bridgehead atoms. The quantitative estimate of drug-likeness (QED) is 0.380. The molecule has 6 nitrogen and oxygen atoms in total. The van der Waals surface area contributed by atoms with Crippen LogP contribution in [0.2, 0.25) is 0 Å². The highest BCUT2D eigenvalue weighted by molar-refractivity contribution is 7.99. The molecule has 1 amide bonds. The van der Waals surface area contributed by atoms with Gasteiger partial charge < -0.3 is 10.2 Å². The Morgan fingerprint density at radius 2 is 1.53 bits per heavy atom. The van der Waals surface area contributed by atoms with Gasteiger partial charge in [0.15, 0.2) is 11.0 Å². The molecule has 4 aromatic rings. The van der Waals surface area contributed by atoms with E-state index in [1.54, 1.807) is 0 Å². The number of amides is 1. The maximum atomic E-state index is 12.6. The first kappa shape index (κ1) is 22.2. The van der Waals surface area contributed by atoms with Crippen LogP contribution in [0, 0.1) is 5.92 Å². The molecule has 2 heterocycles. The van der Waals surface area contributed by atoms with Gasteiger partial charge in [0.2, 0.25) is 5.91 Å². The maximum Gasteiger partial charge on any atom is 0.230 e. The standard InChI is InChI=1S/C27H27N5OS/c33-25(28-18-21-16-17-31(19-21)23-12-6-2-7-13-23)20-34-27-30-29-26(22-10-4-1-5-11-22)32(27)24-14-8-3-9-15-24/h1-15,21H,16-20H2,(H,28,33). The number of thioether (sulfide) groups is 1. The monoisotopic (exact) mass is 469 g/mol. The molecule has 0 aliphatic carbocycles. The number of hydrogen-bond acceptors (Lipinski definition) is 5. The van der Waals surface area contributed by atoms with Gasteiger partial charge in [-0.05, 0) is 36.6 Å². The first-order valence-electron chi connectivity index (χ1n) is 11.5. The van der Waals surface area contributed by atoms with E-state index in [0.717, 1.165) is 36.6 Å². The molecular formula is C27H27N5OS. The Hall–Kier alpha value is -3.58. The van der Waals surface area contributed by atoms with Crippen molar-refractivity contribution in [3.05, 3.63) is 91.0 Å². The van der Waals surface area contributed by atoms with Gasteiger partial charge in [-0.25, -0.2) is 0 Å². The van der Waals surface area contributed by atoms with Crippen LogP contribution >= 0.6 is 11.8 Å². The number of hydrogen-bond donors (Lipinski definition) is 1. The third-order valence-corrected chi connectivity index (χ3v) is 6.94. The number of anilines is 1. The van der Waals surface area contributed by atoms with Crippen molar-refractivity contribution in [1.29, 1.82) is 0 Å². The molecule has 1 aliphatic rings. The lowest BCUT2D eigenvalue weighted by molar-refractivity contribution is -0.118. The highest BCUT2D eigenvalue weighted by atomic mass is 32.2. The van der Waals surface area contributed by atoms with Crippen molar-refractivity contribution in [2.75, 3.05) is 30.3 Å². The third kappa shape index (κ3) is 5.15. The van der Waals surface area contributed by atoms with Crippen molar-refractivity contribution >= 4 is 23.4 Å². The SMILES string of the molecule is O=C(CSc1nnc(-c2ccccc2)n1-c1ccccc1)NCC1CCN(c2ccccc2)C1.